The average Bonchev–Trinajstić information content (AvgIpc) is 2.79. The van der Waals surface area contributed by atoms with E-state index in [1.165, 1.54) is 4.31 Å². The fourth-order valence-corrected chi connectivity index (χ4v) is 5.22. The highest BCUT2D eigenvalue weighted by atomic mass is 32.2. The first-order valence-electron chi connectivity index (χ1n) is 10.5. The summed E-state index contributed by atoms with van der Waals surface area (Å²) >= 11 is 0. The fourth-order valence-electron chi connectivity index (χ4n) is 3.67. The highest BCUT2D eigenvalue weighted by molar-refractivity contribution is 7.89. The summed E-state index contributed by atoms with van der Waals surface area (Å²) in [5, 5.41) is 2.84. The van der Waals surface area contributed by atoms with Crippen molar-refractivity contribution in [2.45, 2.75) is 31.6 Å². The lowest BCUT2D eigenvalue weighted by Crippen LogP contribution is -2.41. The van der Waals surface area contributed by atoms with E-state index >= 15 is 0 Å². The number of carbonyl (C=O) groups excluding carboxylic acids is 2. The second kappa shape index (κ2) is 10.1. The standard InChI is InChI=1S/C23H28N2O6S/c1-4-31-23(27)18-5-7-19(8-6-18)24-22(26)17-11-13-25(14-12-17)32(28,29)20-9-10-21(30-3)16(2)15-20/h5-10,15,17H,4,11-14H2,1-3H3,(H,24,26). The van der Waals surface area contributed by atoms with Crippen LogP contribution in [0.1, 0.15) is 35.7 Å². The summed E-state index contributed by atoms with van der Waals surface area (Å²) in [6.07, 6.45) is 0.863. The van der Waals surface area contributed by atoms with Gasteiger partial charge in [-0.25, -0.2) is 13.2 Å². The van der Waals surface area contributed by atoms with Crippen LogP contribution in [-0.2, 0) is 19.6 Å². The van der Waals surface area contributed by atoms with E-state index in [2.05, 4.69) is 5.32 Å². The van der Waals surface area contributed by atoms with Gasteiger partial charge in [-0.3, -0.25) is 4.79 Å². The maximum absolute atomic E-state index is 13.0. The number of anilines is 1. The van der Waals surface area contributed by atoms with Gasteiger partial charge < -0.3 is 14.8 Å². The minimum absolute atomic E-state index is 0.161. The normalized spacial score (nSPS) is 15.2. The summed E-state index contributed by atoms with van der Waals surface area (Å²) in [5.41, 5.74) is 1.74. The molecule has 1 aliphatic rings. The Labute approximate surface area is 188 Å². The smallest absolute Gasteiger partial charge is 0.338 e. The van der Waals surface area contributed by atoms with Crippen LogP contribution in [0.25, 0.3) is 0 Å². The number of sulfonamides is 1. The lowest BCUT2D eigenvalue weighted by Gasteiger charge is -2.30. The van der Waals surface area contributed by atoms with Gasteiger partial charge in [-0.15, -0.1) is 0 Å². The second-order valence-electron chi connectivity index (χ2n) is 7.60. The topological polar surface area (TPSA) is 102 Å². The van der Waals surface area contributed by atoms with Crippen LogP contribution in [0.2, 0.25) is 0 Å². The Kier molecular flexibility index (Phi) is 7.52. The summed E-state index contributed by atoms with van der Waals surface area (Å²) in [6, 6.07) is 11.3. The molecule has 8 nitrogen and oxygen atoms in total. The number of hydrogen-bond acceptors (Lipinski definition) is 6. The number of nitrogens with one attached hydrogen (secondary N) is 1. The lowest BCUT2D eigenvalue weighted by molar-refractivity contribution is -0.120. The fraction of sp³-hybridized carbons (Fsp3) is 0.391. The predicted molar refractivity (Wildman–Crippen MR) is 120 cm³/mol. The highest BCUT2D eigenvalue weighted by Gasteiger charge is 2.32. The van der Waals surface area contributed by atoms with Gasteiger partial charge >= 0.3 is 5.97 Å². The van der Waals surface area contributed by atoms with Crippen LogP contribution in [-0.4, -0.2) is 51.4 Å². The van der Waals surface area contributed by atoms with E-state index in [1.807, 2.05) is 0 Å². The lowest BCUT2D eigenvalue weighted by atomic mass is 9.97. The molecule has 1 aliphatic heterocycles. The van der Waals surface area contributed by atoms with Crippen LogP contribution < -0.4 is 10.1 Å². The molecule has 1 amide bonds. The van der Waals surface area contributed by atoms with E-state index in [0.29, 0.717) is 36.4 Å². The van der Waals surface area contributed by atoms with Crippen LogP contribution in [0.4, 0.5) is 5.69 Å². The second-order valence-corrected chi connectivity index (χ2v) is 9.53. The number of amides is 1. The van der Waals surface area contributed by atoms with Gasteiger partial charge in [0.25, 0.3) is 0 Å². The zero-order valence-corrected chi connectivity index (χ0v) is 19.3. The zero-order chi connectivity index (χ0) is 23.3. The summed E-state index contributed by atoms with van der Waals surface area (Å²) < 4.78 is 37.5. The van der Waals surface area contributed by atoms with Gasteiger partial charge in [0.1, 0.15) is 5.75 Å². The first-order valence-corrected chi connectivity index (χ1v) is 11.9. The van der Waals surface area contributed by atoms with Crippen LogP contribution in [0, 0.1) is 12.8 Å². The molecule has 0 unspecified atom stereocenters. The third-order valence-corrected chi connectivity index (χ3v) is 7.39. The molecule has 32 heavy (non-hydrogen) atoms. The largest absolute Gasteiger partial charge is 0.496 e. The van der Waals surface area contributed by atoms with Crippen LogP contribution >= 0.6 is 0 Å². The number of rotatable bonds is 7. The van der Waals surface area contributed by atoms with E-state index in [0.717, 1.165) is 5.56 Å². The highest BCUT2D eigenvalue weighted by Crippen LogP contribution is 2.27. The van der Waals surface area contributed by atoms with Crippen molar-refractivity contribution in [2.75, 3.05) is 32.1 Å². The zero-order valence-electron chi connectivity index (χ0n) is 18.5. The molecule has 1 fully saturated rings. The molecule has 2 aromatic rings. The molecule has 172 valence electrons. The summed E-state index contributed by atoms with van der Waals surface area (Å²) in [4.78, 5) is 24.6. The Morgan fingerprint density at radius 1 is 1.09 bits per heavy atom. The van der Waals surface area contributed by atoms with E-state index in [4.69, 9.17) is 9.47 Å². The minimum atomic E-state index is -3.63. The van der Waals surface area contributed by atoms with Crippen molar-refractivity contribution in [3.8, 4) is 5.75 Å². The van der Waals surface area contributed by atoms with Crippen molar-refractivity contribution in [1.82, 2.24) is 4.31 Å². The van der Waals surface area contributed by atoms with Gasteiger partial charge in [0.2, 0.25) is 15.9 Å². The number of piperidine rings is 1. The van der Waals surface area contributed by atoms with Gasteiger partial charge in [0.05, 0.1) is 24.2 Å². The van der Waals surface area contributed by atoms with Crippen molar-refractivity contribution in [2.24, 2.45) is 5.92 Å². The number of nitrogens with zero attached hydrogens (tertiary/aromatic N) is 1. The molecule has 1 heterocycles. The molecule has 0 radical (unpaired) electrons. The summed E-state index contributed by atoms with van der Waals surface area (Å²) in [6.45, 7) is 4.37. The Bertz CT molecular complexity index is 1070. The molecule has 1 N–H and O–H groups in total. The third kappa shape index (κ3) is 5.28. The Hall–Kier alpha value is -2.91. The average molecular weight is 461 g/mol. The molecule has 0 saturated carbocycles. The first-order chi connectivity index (χ1) is 15.3. The Balaban J connectivity index is 1.58. The van der Waals surface area contributed by atoms with Gasteiger partial charge in [-0.2, -0.15) is 4.31 Å². The van der Waals surface area contributed by atoms with Crippen molar-refractivity contribution in [3.05, 3.63) is 53.6 Å². The molecule has 0 aromatic heterocycles. The number of aryl methyl sites for hydroxylation is 1. The van der Waals surface area contributed by atoms with Gasteiger partial charge in [-0.1, -0.05) is 0 Å². The maximum Gasteiger partial charge on any atom is 0.338 e. The van der Waals surface area contributed by atoms with E-state index in [-0.39, 0.29) is 29.8 Å². The minimum Gasteiger partial charge on any atom is -0.496 e. The monoisotopic (exact) mass is 460 g/mol. The first kappa shape index (κ1) is 23.7. The Morgan fingerprint density at radius 2 is 1.75 bits per heavy atom. The molecular weight excluding hydrogens is 432 g/mol. The molecule has 1 saturated heterocycles. The molecule has 0 bridgehead atoms. The number of carbonyl (C=O) groups is 2. The van der Waals surface area contributed by atoms with Gasteiger partial charge in [0, 0.05) is 24.7 Å². The molecule has 0 spiro atoms. The molecule has 9 heteroatoms. The third-order valence-electron chi connectivity index (χ3n) is 5.49. The summed E-state index contributed by atoms with van der Waals surface area (Å²) in [5.74, 6) is -0.226. The number of benzene rings is 2. The van der Waals surface area contributed by atoms with Crippen LogP contribution in [0.5, 0.6) is 5.75 Å². The maximum atomic E-state index is 13.0. The molecule has 3 rings (SSSR count). The Morgan fingerprint density at radius 3 is 2.31 bits per heavy atom. The molecule has 2 aromatic carbocycles. The van der Waals surface area contributed by atoms with Crippen molar-refractivity contribution in [1.29, 1.82) is 0 Å². The van der Waals surface area contributed by atoms with E-state index in [9.17, 15) is 18.0 Å². The quantitative estimate of drug-likeness (QED) is 0.637. The van der Waals surface area contributed by atoms with E-state index < -0.39 is 16.0 Å². The van der Waals surface area contributed by atoms with Crippen LogP contribution in [0.15, 0.2) is 47.4 Å². The summed E-state index contributed by atoms with van der Waals surface area (Å²) in [7, 11) is -2.09. The SMILES string of the molecule is CCOC(=O)c1ccc(NC(=O)C2CCN(S(=O)(=O)c3ccc(OC)c(C)c3)CC2)cc1. The molecule has 0 atom stereocenters. The number of ether oxygens (including phenoxy) is 2. The number of methoxy groups -OCH3 is 1. The van der Waals surface area contributed by atoms with E-state index in [1.54, 1.807) is 63.4 Å². The van der Waals surface area contributed by atoms with Gasteiger partial charge in [0.15, 0.2) is 0 Å². The molecule has 0 aliphatic carbocycles. The van der Waals surface area contributed by atoms with Crippen molar-refractivity contribution in [3.63, 3.8) is 0 Å². The number of esters is 1. The number of hydrogen-bond donors (Lipinski definition) is 1. The van der Waals surface area contributed by atoms with Crippen molar-refractivity contribution < 1.29 is 27.5 Å². The van der Waals surface area contributed by atoms with Crippen LogP contribution in [0.3, 0.4) is 0 Å². The van der Waals surface area contributed by atoms with Crippen molar-refractivity contribution >= 4 is 27.6 Å². The molecular formula is C23H28N2O6S. The van der Waals surface area contributed by atoms with Gasteiger partial charge in [-0.05, 0) is 74.7 Å². The predicted octanol–water partition coefficient (Wildman–Crippen LogP) is 3.22.